The number of benzene rings is 1. The summed E-state index contributed by atoms with van der Waals surface area (Å²) in [5.74, 6) is 3.36. The first kappa shape index (κ1) is 21.0. The lowest BCUT2D eigenvalue weighted by atomic mass is 9.80. The number of hydrogen-bond acceptors (Lipinski definition) is 4. The van der Waals surface area contributed by atoms with E-state index >= 15 is 0 Å². The average Bonchev–Trinajstić information content (AvgIpc) is 3.16. The summed E-state index contributed by atoms with van der Waals surface area (Å²) in [6, 6.07) is 2.10. The first-order valence-corrected chi connectivity index (χ1v) is 11.0. The zero-order chi connectivity index (χ0) is 21.5. The van der Waals surface area contributed by atoms with E-state index in [1.165, 1.54) is 11.1 Å². The molecule has 0 unspecified atom stereocenters. The molecule has 1 aliphatic carbocycles. The maximum atomic E-state index is 13.0. The van der Waals surface area contributed by atoms with Gasteiger partial charge in [0.25, 0.3) is 0 Å². The Morgan fingerprint density at radius 1 is 1.33 bits per heavy atom. The molecule has 0 amide bonds. The largest absolute Gasteiger partial charge is 0.492 e. The molecule has 0 saturated carbocycles. The van der Waals surface area contributed by atoms with Gasteiger partial charge in [0.15, 0.2) is 17.3 Å². The van der Waals surface area contributed by atoms with Gasteiger partial charge in [-0.1, -0.05) is 24.6 Å². The first-order valence-electron chi connectivity index (χ1n) is 11.0. The fraction of sp³-hybridized carbons (Fsp3) is 0.560. The summed E-state index contributed by atoms with van der Waals surface area (Å²) in [5, 5.41) is 0. The number of carbonyl (C=O) groups is 1. The minimum absolute atomic E-state index is 0.0290. The Morgan fingerprint density at radius 3 is 2.87 bits per heavy atom. The zero-order valence-electron chi connectivity index (χ0n) is 18.9. The van der Waals surface area contributed by atoms with Gasteiger partial charge in [0.05, 0.1) is 39.7 Å². The van der Waals surface area contributed by atoms with E-state index in [1.54, 1.807) is 7.11 Å². The number of fused-ring (bicyclic) bond motifs is 2. The average molecular weight is 413 g/mol. The number of allylic oxidation sites excluding steroid dienone is 4. The van der Waals surface area contributed by atoms with Crippen molar-refractivity contribution < 1.29 is 23.5 Å². The van der Waals surface area contributed by atoms with Gasteiger partial charge in [0, 0.05) is 6.42 Å². The molecule has 1 aromatic carbocycles. The van der Waals surface area contributed by atoms with E-state index in [1.807, 2.05) is 6.08 Å². The van der Waals surface area contributed by atoms with Crippen LogP contribution >= 0.6 is 0 Å². The highest BCUT2D eigenvalue weighted by Crippen LogP contribution is 2.51. The van der Waals surface area contributed by atoms with E-state index in [0.29, 0.717) is 24.0 Å². The van der Waals surface area contributed by atoms with Crippen LogP contribution in [0.5, 0.6) is 17.2 Å². The molecule has 2 heterocycles. The topological polar surface area (TPSA) is 44.8 Å². The number of quaternary nitrogens is 1. The second kappa shape index (κ2) is 8.10. The maximum Gasteiger partial charge on any atom is 0.231 e. The molecule has 30 heavy (non-hydrogen) atoms. The van der Waals surface area contributed by atoms with Crippen LogP contribution in [-0.4, -0.2) is 44.8 Å². The fourth-order valence-electron chi connectivity index (χ4n) is 5.19. The normalized spacial score (nSPS) is 27.0. The van der Waals surface area contributed by atoms with Crippen molar-refractivity contribution in [2.45, 2.75) is 45.6 Å². The zero-order valence-corrected chi connectivity index (χ0v) is 18.9. The number of methoxy groups -OCH3 is 1. The van der Waals surface area contributed by atoms with Crippen LogP contribution in [0.4, 0.5) is 0 Å². The molecule has 0 N–H and O–H groups in total. The van der Waals surface area contributed by atoms with Gasteiger partial charge < -0.3 is 18.7 Å². The van der Waals surface area contributed by atoms with Crippen LogP contribution in [0.15, 0.2) is 29.9 Å². The molecule has 0 aromatic heterocycles. The summed E-state index contributed by atoms with van der Waals surface area (Å²) in [4.78, 5) is 13.0. The van der Waals surface area contributed by atoms with E-state index in [9.17, 15) is 4.79 Å². The number of nitrogens with zero attached hydrogens (tertiary/aromatic N) is 1. The molecule has 1 aromatic rings. The summed E-state index contributed by atoms with van der Waals surface area (Å²) in [5.41, 5.74) is 3.77. The van der Waals surface area contributed by atoms with Crippen molar-refractivity contribution in [3.63, 3.8) is 0 Å². The molecule has 3 aliphatic rings. The third-order valence-corrected chi connectivity index (χ3v) is 7.12. The van der Waals surface area contributed by atoms with Gasteiger partial charge in [-0.2, -0.15) is 0 Å². The van der Waals surface area contributed by atoms with Crippen molar-refractivity contribution in [3.8, 4) is 17.2 Å². The molecule has 0 fully saturated rings. The van der Waals surface area contributed by atoms with Crippen LogP contribution in [-0.2, 0) is 11.2 Å². The standard InChI is InChI=1S/C25H34NO4/c1-16-6-7-18(17(2)12-16)8-9-20(27)14-21-23-19(10-11-26(21,3)4)13-22-24(25(23)28-5)30-15-29-22/h6,8-9,13,17-18,21H,7,10-12,14-15H2,1-5H3/q+1/b9-8+/t17-,18-,21-/m1/s1. The Bertz CT molecular complexity index is 899. The third-order valence-electron chi connectivity index (χ3n) is 7.12. The second-order valence-electron chi connectivity index (χ2n) is 9.65. The first-order chi connectivity index (χ1) is 14.3. The molecular formula is C25H34NO4+. The van der Waals surface area contributed by atoms with Crippen molar-refractivity contribution in [1.82, 2.24) is 0 Å². The summed E-state index contributed by atoms with van der Waals surface area (Å²) < 4.78 is 17.8. The highest BCUT2D eigenvalue weighted by Gasteiger charge is 2.42. The van der Waals surface area contributed by atoms with Crippen LogP contribution in [0.3, 0.4) is 0 Å². The molecule has 0 radical (unpaired) electrons. The molecule has 3 atom stereocenters. The minimum atomic E-state index is 0.0290. The molecule has 4 rings (SSSR count). The van der Waals surface area contributed by atoms with E-state index in [2.05, 4.69) is 46.2 Å². The van der Waals surface area contributed by atoms with Gasteiger partial charge in [-0.25, -0.2) is 0 Å². The van der Waals surface area contributed by atoms with Crippen molar-refractivity contribution in [2.75, 3.05) is 34.5 Å². The minimum Gasteiger partial charge on any atom is -0.492 e. The van der Waals surface area contributed by atoms with Gasteiger partial charge in [0.2, 0.25) is 12.5 Å². The van der Waals surface area contributed by atoms with Crippen LogP contribution in [0.25, 0.3) is 0 Å². The summed E-state index contributed by atoms with van der Waals surface area (Å²) >= 11 is 0. The third kappa shape index (κ3) is 3.87. The molecular weight excluding hydrogens is 378 g/mol. The predicted octanol–water partition coefficient (Wildman–Crippen LogP) is 4.61. The van der Waals surface area contributed by atoms with Gasteiger partial charge in [-0.05, 0) is 49.3 Å². The van der Waals surface area contributed by atoms with E-state index in [0.717, 1.165) is 47.4 Å². The number of carbonyl (C=O) groups excluding carboxylic acids is 1. The molecule has 5 heteroatoms. The number of hydrogen-bond donors (Lipinski definition) is 0. The van der Waals surface area contributed by atoms with Gasteiger partial charge >= 0.3 is 0 Å². The van der Waals surface area contributed by atoms with Crippen molar-refractivity contribution in [3.05, 3.63) is 41.0 Å². The molecule has 5 nitrogen and oxygen atoms in total. The predicted molar refractivity (Wildman–Crippen MR) is 117 cm³/mol. The number of likely N-dealkylation sites (N-methyl/N-ethyl adjacent to an activating group) is 1. The lowest BCUT2D eigenvalue weighted by Gasteiger charge is -2.43. The van der Waals surface area contributed by atoms with Crippen molar-refractivity contribution >= 4 is 5.78 Å². The Kier molecular flexibility index (Phi) is 5.67. The quantitative estimate of drug-likeness (QED) is 0.403. The summed E-state index contributed by atoms with van der Waals surface area (Å²) in [6.45, 7) is 5.66. The Morgan fingerprint density at radius 2 is 2.13 bits per heavy atom. The lowest BCUT2D eigenvalue weighted by Crippen LogP contribution is -2.48. The van der Waals surface area contributed by atoms with Crippen LogP contribution < -0.4 is 14.2 Å². The van der Waals surface area contributed by atoms with Gasteiger partial charge in [-0.3, -0.25) is 4.79 Å². The monoisotopic (exact) mass is 412 g/mol. The van der Waals surface area contributed by atoms with Gasteiger partial charge in [0.1, 0.15) is 6.04 Å². The SMILES string of the molecule is COc1c2c(cc3c1[C@@H](CC(=O)/C=C/[C@H]1CC=C(C)C[C@H]1C)[N+](C)(C)CC3)OCO2. The van der Waals surface area contributed by atoms with Gasteiger partial charge in [-0.15, -0.1) is 0 Å². The smallest absolute Gasteiger partial charge is 0.231 e. The molecule has 0 spiro atoms. The Balaban J connectivity index is 1.60. The Hall–Kier alpha value is -2.27. The van der Waals surface area contributed by atoms with E-state index in [4.69, 9.17) is 14.2 Å². The maximum absolute atomic E-state index is 13.0. The fourth-order valence-corrected chi connectivity index (χ4v) is 5.19. The lowest BCUT2D eigenvalue weighted by molar-refractivity contribution is -0.922. The summed E-state index contributed by atoms with van der Waals surface area (Å²) in [7, 11) is 6.07. The molecule has 2 aliphatic heterocycles. The highest BCUT2D eigenvalue weighted by atomic mass is 16.7. The molecule has 0 saturated heterocycles. The van der Waals surface area contributed by atoms with Crippen LogP contribution in [0.2, 0.25) is 0 Å². The molecule has 0 bridgehead atoms. The number of ketones is 1. The van der Waals surface area contributed by atoms with E-state index in [-0.39, 0.29) is 18.6 Å². The number of ether oxygens (including phenoxy) is 3. The highest BCUT2D eigenvalue weighted by molar-refractivity contribution is 5.90. The van der Waals surface area contributed by atoms with Crippen LogP contribution in [0.1, 0.15) is 50.3 Å². The van der Waals surface area contributed by atoms with Crippen LogP contribution in [0, 0.1) is 11.8 Å². The summed E-state index contributed by atoms with van der Waals surface area (Å²) in [6.07, 6.45) is 9.81. The Labute approximate surface area is 179 Å². The van der Waals surface area contributed by atoms with Crippen molar-refractivity contribution in [2.24, 2.45) is 11.8 Å². The number of rotatable bonds is 5. The van der Waals surface area contributed by atoms with Crippen molar-refractivity contribution in [1.29, 1.82) is 0 Å². The van der Waals surface area contributed by atoms with E-state index < -0.39 is 0 Å². The second-order valence-corrected chi connectivity index (χ2v) is 9.65. The molecule has 162 valence electrons.